The number of hydrogen-bond acceptors (Lipinski definition) is 8. The van der Waals surface area contributed by atoms with Gasteiger partial charge in [0.25, 0.3) is 0 Å². The number of phenols is 1. The number of ether oxygens (including phenoxy) is 3. The molecule has 0 radical (unpaired) electrons. The van der Waals surface area contributed by atoms with Crippen LogP contribution in [-0.2, 0) is 10.5 Å². The molecule has 33 heavy (non-hydrogen) atoms. The third kappa shape index (κ3) is 3.75. The van der Waals surface area contributed by atoms with Crippen molar-refractivity contribution in [3.8, 4) is 29.1 Å². The Labute approximate surface area is 196 Å². The van der Waals surface area contributed by atoms with Gasteiger partial charge in [-0.2, -0.15) is 5.26 Å². The van der Waals surface area contributed by atoms with Gasteiger partial charge in [0.2, 0.25) is 5.91 Å². The fourth-order valence-corrected chi connectivity index (χ4v) is 5.59. The molecule has 9 heteroatoms. The molecule has 2 N–H and O–H groups in total. The summed E-state index contributed by atoms with van der Waals surface area (Å²) in [4.78, 5) is 14.7. The Morgan fingerprint density at radius 3 is 2.61 bits per heavy atom. The molecule has 0 bridgehead atoms. The van der Waals surface area contributed by atoms with Gasteiger partial charge in [-0.05, 0) is 36.8 Å². The van der Waals surface area contributed by atoms with Crippen LogP contribution in [-0.4, -0.2) is 47.6 Å². The van der Waals surface area contributed by atoms with Crippen LogP contribution in [0.2, 0.25) is 0 Å². The molecule has 1 saturated heterocycles. The molecule has 2 aliphatic rings. The van der Waals surface area contributed by atoms with Gasteiger partial charge in [0, 0.05) is 17.9 Å². The first-order valence-electron chi connectivity index (χ1n) is 10.4. The molecule has 2 atom stereocenters. The largest absolute Gasteiger partial charge is 0.504 e. The van der Waals surface area contributed by atoms with Crippen molar-refractivity contribution in [1.82, 2.24) is 4.90 Å². The Balaban J connectivity index is 1.77. The number of nitrogens with zero attached hydrogens (tertiary/aromatic N) is 2. The Hall–Kier alpha value is -3.35. The summed E-state index contributed by atoms with van der Waals surface area (Å²) in [5.41, 5.74) is -0.0793. The van der Waals surface area contributed by atoms with Crippen LogP contribution in [0.25, 0.3) is 0 Å². The van der Waals surface area contributed by atoms with Gasteiger partial charge in [0.1, 0.15) is 0 Å². The number of allylic oxidation sites excluding steroid dienone is 1. The number of nitriles is 1. The number of aromatic hydroxyl groups is 1. The highest BCUT2D eigenvalue weighted by Crippen LogP contribution is 2.52. The molecule has 0 aromatic heterocycles. The maximum atomic E-state index is 13.3. The number of benzene rings is 2. The molecule has 8 nitrogen and oxygen atoms in total. The lowest BCUT2D eigenvalue weighted by Gasteiger charge is -2.38. The van der Waals surface area contributed by atoms with Gasteiger partial charge in [-0.1, -0.05) is 12.1 Å². The minimum atomic E-state index is -1.63. The zero-order chi connectivity index (χ0) is 23.8. The quantitative estimate of drug-likeness (QED) is 0.663. The number of methoxy groups -OCH3 is 2. The topological polar surface area (TPSA) is 112 Å². The molecule has 2 aromatic carbocycles. The highest BCUT2D eigenvalue weighted by molar-refractivity contribution is 8.03. The van der Waals surface area contributed by atoms with Gasteiger partial charge in [0.05, 0.1) is 43.3 Å². The van der Waals surface area contributed by atoms with E-state index in [2.05, 4.69) is 6.07 Å². The van der Waals surface area contributed by atoms with E-state index in [0.29, 0.717) is 45.6 Å². The van der Waals surface area contributed by atoms with E-state index >= 15 is 0 Å². The number of thioether (sulfide) groups is 1. The van der Waals surface area contributed by atoms with Crippen LogP contribution in [0.5, 0.6) is 23.0 Å². The van der Waals surface area contributed by atoms with E-state index < -0.39 is 11.6 Å². The second kappa shape index (κ2) is 8.89. The van der Waals surface area contributed by atoms with Crippen molar-refractivity contribution in [2.45, 2.75) is 25.0 Å². The van der Waals surface area contributed by atoms with Gasteiger partial charge in [0.15, 0.2) is 28.7 Å². The van der Waals surface area contributed by atoms with Crippen molar-refractivity contribution in [3.05, 3.63) is 58.1 Å². The Bertz CT molecular complexity index is 1170. The van der Waals surface area contributed by atoms with Crippen molar-refractivity contribution in [3.63, 3.8) is 0 Å². The molecule has 0 saturated carbocycles. The predicted octanol–water partition coefficient (Wildman–Crippen LogP) is 3.45. The standard InChI is InChI=1S/C24H24N2O6S/c1-4-32-20-9-14(5-7-18(20)27)16-11-22(28)26-23(17(16)12-25)33-13-24(26,29)15-6-8-19(30-2)21(10-15)31-3/h5-10,16,27,29H,4,11,13H2,1-3H3. The lowest BCUT2D eigenvalue weighted by Crippen LogP contribution is -2.48. The van der Waals surface area contributed by atoms with E-state index in [1.165, 1.54) is 36.9 Å². The SMILES string of the molecule is CCOc1cc(C2CC(=O)N3C(=C2C#N)SCC3(O)c2ccc(OC)c(OC)c2)ccc1O. The fourth-order valence-electron chi connectivity index (χ4n) is 4.23. The van der Waals surface area contributed by atoms with Gasteiger partial charge in [-0.15, -0.1) is 11.8 Å². The van der Waals surface area contributed by atoms with Crippen LogP contribution in [0.1, 0.15) is 30.4 Å². The monoisotopic (exact) mass is 468 g/mol. The number of carbonyl (C=O) groups is 1. The van der Waals surface area contributed by atoms with E-state index in [-0.39, 0.29) is 23.8 Å². The van der Waals surface area contributed by atoms with Crippen LogP contribution >= 0.6 is 11.8 Å². The minimum Gasteiger partial charge on any atom is -0.504 e. The molecule has 1 amide bonds. The minimum absolute atomic E-state index is 0.00110. The highest BCUT2D eigenvalue weighted by atomic mass is 32.2. The lowest BCUT2D eigenvalue weighted by molar-refractivity contribution is -0.149. The first-order chi connectivity index (χ1) is 15.9. The van der Waals surface area contributed by atoms with Gasteiger partial charge >= 0.3 is 0 Å². The summed E-state index contributed by atoms with van der Waals surface area (Å²) in [5, 5.41) is 32.1. The van der Waals surface area contributed by atoms with Gasteiger partial charge < -0.3 is 24.4 Å². The average Bonchev–Trinajstić information content (AvgIpc) is 3.19. The van der Waals surface area contributed by atoms with Crippen LogP contribution in [0.15, 0.2) is 47.0 Å². The summed E-state index contributed by atoms with van der Waals surface area (Å²) >= 11 is 1.26. The summed E-state index contributed by atoms with van der Waals surface area (Å²) in [6.45, 7) is 2.18. The number of amides is 1. The number of aliphatic hydroxyl groups is 1. The molecule has 1 fully saturated rings. The van der Waals surface area contributed by atoms with E-state index in [0.717, 1.165) is 0 Å². The third-order valence-electron chi connectivity index (χ3n) is 5.84. The van der Waals surface area contributed by atoms with Crippen LogP contribution in [0.3, 0.4) is 0 Å². The van der Waals surface area contributed by atoms with E-state index in [1.54, 1.807) is 37.3 Å². The first-order valence-corrected chi connectivity index (χ1v) is 11.4. The Morgan fingerprint density at radius 2 is 1.94 bits per heavy atom. The number of fused-ring (bicyclic) bond motifs is 1. The maximum absolute atomic E-state index is 13.3. The van der Waals surface area contributed by atoms with Crippen LogP contribution in [0.4, 0.5) is 0 Å². The van der Waals surface area contributed by atoms with E-state index in [1.807, 2.05) is 0 Å². The summed E-state index contributed by atoms with van der Waals surface area (Å²) in [6, 6.07) is 12.1. The zero-order valence-corrected chi connectivity index (χ0v) is 19.3. The maximum Gasteiger partial charge on any atom is 0.231 e. The van der Waals surface area contributed by atoms with Crippen molar-refractivity contribution in [1.29, 1.82) is 5.26 Å². The smallest absolute Gasteiger partial charge is 0.231 e. The molecule has 0 spiro atoms. The summed E-state index contributed by atoms with van der Waals surface area (Å²) in [5.74, 6) is 0.590. The molecule has 2 heterocycles. The van der Waals surface area contributed by atoms with Gasteiger partial charge in [-0.3, -0.25) is 9.69 Å². The van der Waals surface area contributed by atoms with Crippen molar-refractivity contribution >= 4 is 17.7 Å². The van der Waals surface area contributed by atoms with Crippen LogP contribution in [0, 0.1) is 11.3 Å². The average molecular weight is 469 g/mol. The zero-order valence-electron chi connectivity index (χ0n) is 18.5. The van der Waals surface area contributed by atoms with Crippen molar-refractivity contribution in [2.24, 2.45) is 0 Å². The molecule has 0 aliphatic carbocycles. The third-order valence-corrected chi connectivity index (χ3v) is 7.07. The van der Waals surface area contributed by atoms with Crippen molar-refractivity contribution < 1.29 is 29.2 Å². The molecular formula is C24H24N2O6S. The molecule has 2 unspecified atom stereocenters. The molecule has 2 aromatic rings. The number of carbonyl (C=O) groups excluding carboxylic acids is 1. The molecule has 2 aliphatic heterocycles. The summed E-state index contributed by atoms with van der Waals surface area (Å²) in [7, 11) is 3.02. The normalized spacial score (nSPS) is 22.1. The van der Waals surface area contributed by atoms with E-state index in [4.69, 9.17) is 14.2 Å². The van der Waals surface area contributed by atoms with Gasteiger partial charge in [-0.25, -0.2) is 0 Å². The second-order valence-corrected chi connectivity index (χ2v) is 8.62. The molecular weight excluding hydrogens is 444 g/mol. The molecule has 4 rings (SSSR count). The Morgan fingerprint density at radius 1 is 1.18 bits per heavy atom. The summed E-state index contributed by atoms with van der Waals surface area (Å²) < 4.78 is 16.1. The first kappa shape index (κ1) is 22.8. The van der Waals surface area contributed by atoms with E-state index in [9.17, 15) is 20.3 Å². The fraction of sp³-hybridized carbons (Fsp3) is 0.333. The number of hydrogen-bond donors (Lipinski definition) is 2. The number of phenolic OH excluding ortho intramolecular Hbond substituents is 1. The second-order valence-electron chi connectivity index (χ2n) is 7.65. The number of rotatable bonds is 6. The van der Waals surface area contributed by atoms with Crippen molar-refractivity contribution in [2.75, 3.05) is 26.6 Å². The summed E-state index contributed by atoms with van der Waals surface area (Å²) in [6.07, 6.45) is -0.00110. The van der Waals surface area contributed by atoms with Crippen LogP contribution < -0.4 is 14.2 Å². The molecule has 172 valence electrons. The predicted molar refractivity (Wildman–Crippen MR) is 122 cm³/mol. The Kier molecular flexibility index (Phi) is 6.15. The lowest BCUT2D eigenvalue weighted by atomic mass is 9.85. The highest BCUT2D eigenvalue weighted by Gasteiger charge is 2.52.